The molecule has 2 atom stereocenters. The van der Waals surface area contributed by atoms with Crippen LogP contribution in [-0.2, 0) is 10.2 Å². The number of methoxy groups -OCH3 is 2. The molecule has 0 N–H and O–H groups in total. The van der Waals surface area contributed by atoms with Crippen LogP contribution >= 0.6 is 11.6 Å². The van der Waals surface area contributed by atoms with E-state index >= 15 is 0 Å². The number of hydrogen-bond acceptors (Lipinski definition) is 5. The fraction of sp³-hybridized carbons (Fsp3) is 0.375. The molecular formula is C24H26ClNO4. The average molecular weight is 428 g/mol. The van der Waals surface area contributed by atoms with Crippen LogP contribution in [0.4, 0.5) is 0 Å². The molecule has 0 bridgehead atoms. The molecule has 0 saturated carbocycles. The van der Waals surface area contributed by atoms with Crippen molar-refractivity contribution in [3.05, 3.63) is 70.4 Å². The predicted molar refractivity (Wildman–Crippen MR) is 116 cm³/mol. The molecule has 2 unspecified atom stereocenters. The Morgan fingerprint density at radius 3 is 2.50 bits per heavy atom. The van der Waals surface area contributed by atoms with Crippen molar-refractivity contribution in [1.82, 2.24) is 4.90 Å². The number of carbonyl (C=O) groups is 1. The third-order valence-electron chi connectivity index (χ3n) is 6.38. The van der Waals surface area contributed by atoms with E-state index in [2.05, 4.69) is 30.2 Å². The van der Waals surface area contributed by atoms with Gasteiger partial charge in [-0.15, -0.1) is 0 Å². The molecule has 1 aliphatic heterocycles. The van der Waals surface area contributed by atoms with E-state index in [0.29, 0.717) is 17.0 Å². The van der Waals surface area contributed by atoms with Gasteiger partial charge in [0.15, 0.2) is 11.5 Å². The van der Waals surface area contributed by atoms with Crippen molar-refractivity contribution in [2.75, 3.05) is 27.8 Å². The molecule has 2 aromatic carbocycles. The zero-order valence-corrected chi connectivity index (χ0v) is 18.2. The molecule has 1 aliphatic carbocycles. The maximum absolute atomic E-state index is 12.6. The quantitative estimate of drug-likeness (QED) is 0.639. The molecule has 1 heterocycles. The molecule has 2 aliphatic rings. The van der Waals surface area contributed by atoms with Gasteiger partial charge in [-0.2, -0.15) is 0 Å². The summed E-state index contributed by atoms with van der Waals surface area (Å²) in [7, 11) is 5.42. The number of likely N-dealkylation sites (N-methyl/N-ethyl adjacent to an activating group) is 1. The van der Waals surface area contributed by atoms with Crippen molar-refractivity contribution >= 4 is 17.6 Å². The highest BCUT2D eigenvalue weighted by Crippen LogP contribution is 2.49. The van der Waals surface area contributed by atoms with Gasteiger partial charge in [-0.1, -0.05) is 17.7 Å². The van der Waals surface area contributed by atoms with E-state index in [1.165, 1.54) is 5.56 Å². The molecule has 4 rings (SSSR count). The summed E-state index contributed by atoms with van der Waals surface area (Å²) in [6, 6.07) is 13.1. The van der Waals surface area contributed by atoms with Gasteiger partial charge in [0, 0.05) is 22.9 Å². The van der Waals surface area contributed by atoms with Gasteiger partial charge < -0.3 is 14.2 Å². The minimum atomic E-state index is -0.350. The van der Waals surface area contributed by atoms with Crippen molar-refractivity contribution < 1.29 is 19.0 Å². The maximum Gasteiger partial charge on any atom is 0.343 e. The van der Waals surface area contributed by atoms with Gasteiger partial charge in [-0.05, 0) is 74.5 Å². The van der Waals surface area contributed by atoms with Gasteiger partial charge in [-0.3, -0.25) is 4.90 Å². The number of ether oxygens (including phenoxy) is 3. The van der Waals surface area contributed by atoms with E-state index < -0.39 is 0 Å². The van der Waals surface area contributed by atoms with Gasteiger partial charge in [0.2, 0.25) is 0 Å². The molecule has 0 aromatic heterocycles. The summed E-state index contributed by atoms with van der Waals surface area (Å²) in [5, 5.41) is 0.593. The van der Waals surface area contributed by atoms with Crippen LogP contribution in [0.5, 0.6) is 11.5 Å². The normalized spacial score (nSPS) is 23.5. The minimum Gasteiger partial charge on any atom is -0.493 e. The van der Waals surface area contributed by atoms with Gasteiger partial charge >= 0.3 is 5.97 Å². The lowest BCUT2D eigenvalue weighted by molar-refractivity contribution is 0.0593. The Kier molecular flexibility index (Phi) is 5.76. The molecule has 5 nitrogen and oxygen atoms in total. The van der Waals surface area contributed by atoms with Gasteiger partial charge in [-0.25, -0.2) is 4.79 Å². The number of hydrogen-bond donors (Lipinski definition) is 0. The summed E-state index contributed by atoms with van der Waals surface area (Å²) in [5.41, 5.74) is 1.69. The van der Waals surface area contributed by atoms with Crippen molar-refractivity contribution in [1.29, 1.82) is 0 Å². The van der Waals surface area contributed by atoms with Gasteiger partial charge in [0.25, 0.3) is 0 Å². The summed E-state index contributed by atoms with van der Waals surface area (Å²) in [6.07, 6.45) is 4.76. The topological polar surface area (TPSA) is 48.0 Å². The Bertz CT molecular complexity index is 972. The van der Waals surface area contributed by atoms with Crippen LogP contribution in [0.25, 0.3) is 0 Å². The lowest BCUT2D eigenvalue weighted by atomic mass is 9.68. The zero-order valence-electron chi connectivity index (χ0n) is 17.5. The van der Waals surface area contributed by atoms with Crippen molar-refractivity contribution in [2.24, 2.45) is 0 Å². The Morgan fingerprint density at radius 1 is 1.07 bits per heavy atom. The Morgan fingerprint density at radius 2 is 1.80 bits per heavy atom. The van der Waals surface area contributed by atoms with Crippen LogP contribution in [0.1, 0.15) is 35.2 Å². The summed E-state index contributed by atoms with van der Waals surface area (Å²) in [4.78, 5) is 14.9. The first kappa shape index (κ1) is 20.8. The molecule has 1 fully saturated rings. The molecule has 0 radical (unpaired) electrons. The van der Waals surface area contributed by atoms with Crippen LogP contribution in [0.3, 0.4) is 0 Å². The van der Waals surface area contributed by atoms with Gasteiger partial charge in [0.1, 0.15) is 5.76 Å². The number of esters is 1. The van der Waals surface area contributed by atoms with Crippen LogP contribution in [0, 0.1) is 0 Å². The number of halogens is 1. The first-order valence-corrected chi connectivity index (χ1v) is 10.5. The van der Waals surface area contributed by atoms with Crippen molar-refractivity contribution in [3.8, 4) is 11.5 Å². The van der Waals surface area contributed by atoms with E-state index in [4.69, 9.17) is 25.8 Å². The molecule has 0 amide bonds. The molecule has 1 saturated heterocycles. The number of benzene rings is 2. The fourth-order valence-corrected chi connectivity index (χ4v) is 4.83. The molecular weight excluding hydrogens is 402 g/mol. The lowest BCUT2D eigenvalue weighted by Gasteiger charge is -2.40. The molecule has 158 valence electrons. The zero-order chi connectivity index (χ0) is 21.3. The highest BCUT2D eigenvalue weighted by Gasteiger charge is 2.48. The third kappa shape index (κ3) is 3.68. The van der Waals surface area contributed by atoms with E-state index in [1.807, 2.05) is 6.07 Å². The van der Waals surface area contributed by atoms with Crippen LogP contribution in [0.15, 0.2) is 54.3 Å². The number of fused-ring (bicyclic) bond motifs is 1. The van der Waals surface area contributed by atoms with E-state index in [1.54, 1.807) is 38.5 Å². The third-order valence-corrected chi connectivity index (χ3v) is 6.63. The van der Waals surface area contributed by atoms with Crippen LogP contribution < -0.4 is 9.47 Å². The number of nitrogens with zero attached hydrogens (tertiary/aromatic N) is 1. The molecule has 6 heteroatoms. The number of carbonyl (C=O) groups excluding carboxylic acids is 1. The second kappa shape index (κ2) is 8.32. The highest BCUT2D eigenvalue weighted by molar-refractivity contribution is 6.30. The van der Waals surface area contributed by atoms with Crippen LogP contribution in [-0.4, -0.2) is 44.7 Å². The summed E-state index contributed by atoms with van der Waals surface area (Å²) >= 11 is 5.91. The minimum absolute atomic E-state index is 0.0372. The molecule has 2 aromatic rings. The smallest absolute Gasteiger partial charge is 0.343 e. The Hall–Kier alpha value is -2.50. The maximum atomic E-state index is 12.6. The first-order chi connectivity index (χ1) is 14.5. The predicted octanol–water partition coefficient (Wildman–Crippen LogP) is 4.83. The van der Waals surface area contributed by atoms with Crippen LogP contribution in [0.2, 0.25) is 5.02 Å². The van der Waals surface area contributed by atoms with E-state index in [-0.39, 0.29) is 17.4 Å². The summed E-state index contributed by atoms with van der Waals surface area (Å²) in [6.45, 7) is 0.980. The van der Waals surface area contributed by atoms with Gasteiger partial charge in [0.05, 0.1) is 19.8 Å². The number of likely N-dealkylation sites (tertiary alicyclic amines) is 1. The summed E-state index contributed by atoms with van der Waals surface area (Å²) in [5.74, 6) is 1.84. The van der Waals surface area contributed by atoms with E-state index in [0.717, 1.165) is 36.6 Å². The Labute approximate surface area is 182 Å². The van der Waals surface area contributed by atoms with E-state index in [9.17, 15) is 4.79 Å². The average Bonchev–Trinajstić information content (AvgIpc) is 3.11. The SMILES string of the molecule is COc1ccc(C23CCC(OC(=O)c4ccc(Cl)cc4)=CC2N(C)CC3)cc1OC. The first-order valence-electron chi connectivity index (χ1n) is 10.1. The highest BCUT2D eigenvalue weighted by atomic mass is 35.5. The van der Waals surface area contributed by atoms with Crippen molar-refractivity contribution in [3.63, 3.8) is 0 Å². The second-order valence-corrected chi connectivity index (χ2v) is 8.37. The summed E-state index contributed by atoms with van der Waals surface area (Å²) < 4.78 is 16.7. The molecule has 30 heavy (non-hydrogen) atoms. The monoisotopic (exact) mass is 427 g/mol. The number of allylic oxidation sites excluding steroid dienone is 1. The fourth-order valence-electron chi connectivity index (χ4n) is 4.70. The number of rotatable bonds is 5. The second-order valence-electron chi connectivity index (χ2n) is 7.93. The Balaban J connectivity index is 1.61. The van der Waals surface area contributed by atoms with Crippen molar-refractivity contribution in [2.45, 2.75) is 30.7 Å². The largest absolute Gasteiger partial charge is 0.493 e. The standard InChI is InChI=1S/C24H26ClNO4/c1-26-13-12-24(17-6-9-20(28-2)21(14-17)29-3)11-10-19(15-22(24)26)30-23(27)16-4-7-18(25)8-5-16/h4-9,14-15,22H,10-13H2,1-3H3. The molecule has 0 spiro atoms. The lowest BCUT2D eigenvalue weighted by Crippen LogP contribution is -2.42.